The minimum atomic E-state index is -2.68. The third-order valence-electron chi connectivity index (χ3n) is 2.97. The molecule has 0 aliphatic heterocycles. The maximum Gasteiger partial charge on any atom is 0.246 e. The fourth-order valence-electron chi connectivity index (χ4n) is 2.13. The lowest BCUT2D eigenvalue weighted by Crippen LogP contribution is -2.29. The smallest absolute Gasteiger partial charge is 0.246 e. The molecule has 0 heterocycles. The van der Waals surface area contributed by atoms with Crippen LogP contribution >= 0.6 is 0 Å². The highest BCUT2D eigenvalue weighted by Crippen LogP contribution is 2.33. The van der Waals surface area contributed by atoms with Crippen LogP contribution in [0.3, 0.4) is 0 Å². The van der Waals surface area contributed by atoms with Gasteiger partial charge in [-0.1, -0.05) is 13.8 Å². The molecule has 0 aromatic heterocycles. The van der Waals surface area contributed by atoms with Gasteiger partial charge >= 0.3 is 0 Å². The van der Waals surface area contributed by atoms with Gasteiger partial charge in [-0.2, -0.15) is 0 Å². The molecular formula is C15H23F2NO. The predicted octanol–water partition coefficient (Wildman–Crippen LogP) is 4.34. The molecule has 0 saturated carbocycles. The van der Waals surface area contributed by atoms with Gasteiger partial charge in [0.1, 0.15) is 5.75 Å². The summed E-state index contributed by atoms with van der Waals surface area (Å²) in [6, 6.07) is 3.69. The molecule has 0 aliphatic carbocycles. The lowest BCUT2D eigenvalue weighted by Gasteiger charge is -2.28. The van der Waals surface area contributed by atoms with Gasteiger partial charge in [-0.15, -0.1) is 0 Å². The van der Waals surface area contributed by atoms with Crippen molar-refractivity contribution in [2.45, 2.75) is 47.0 Å². The summed E-state index contributed by atoms with van der Waals surface area (Å²) < 4.78 is 31.8. The number of ether oxygens (including phenoxy) is 1. The average Bonchev–Trinajstić information content (AvgIpc) is 2.18. The van der Waals surface area contributed by atoms with Gasteiger partial charge in [-0.05, 0) is 44.0 Å². The zero-order chi connectivity index (χ0) is 14.8. The lowest BCUT2D eigenvalue weighted by molar-refractivity contribution is -0.0315. The van der Waals surface area contributed by atoms with Crippen LogP contribution in [0.25, 0.3) is 0 Å². The van der Waals surface area contributed by atoms with Gasteiger partial charge in [-0.25, -0.2) is 8.78 Å². The van der Waals surface area contributed by atoms with E-state index in [1.54, 1.807) is 13.8 Å². The molecule has 0 fully saturated rings. The Balaban J connectivity index is 2.74. The number of rotatable bonds is 5. The Hall–Kier alpha value is -1.32. The number of hydrogen-bond acceptors (Lipinski definition) is 2. The van der Waals surface area contributed by atoms with E-state index in [4.69, 9.17) is 10.5 Å². The first-order valence-corrected chi connectivity index (χ1v) is 6.37. The number of aryl methyl sites for hydroxylation is 2. The van der Waals surface area contributed by atoms with Crippen molar-refractivity contribution in [3.63, 3.8) is 0 Å². The van der Waals surface area contributed by atoms with Crippen molar-refractivity contribution in [1.82, 2.24) is 0 Å². The monoisotopic (exact) mass is 271 g/mol. The second-order valence-corrected chi connectivity index (χ2v) is 6.17. The SMILES string of the molecule is Cc1cc(OCC(C)(C)CC(C)(F)F)c(C)cc1N. The number of nitrogen functional groups attached to an aromatic ring is 1. The van der Waals surface area contributed by atoms with E-state index < -0.39 is 11.3 Å². The van der Waals surface area contributed by atoms with Crippen molar-refractivity contribution in [2.24, 2.45) is 5.41 Å². The minimum absolute atomic E-state index is 0.201. The topological polar surface area (TPSA) is 35.2 Å². The number of anilines is 1. The van der Waals surface area contributed by atoms with E-state index in [1.165, 1.54) is 0 Å². The largest absolute Gasteiger partial charge is 0.493 e. The molecule has 108 valence electrons. The molecule has 0 amide bonds. The third-order valence-corrected chi connectivity index (χ3v) is 2.97. The molecular weight excluding hydrogens is 248 g/mol. The molecule has 0 unspecified atom stereocenters. The van der Waals surface area contributed by atoms with Crippen molar-refractivity contribution in [2.75, 3.05) is 12.3 Å². The van der Waals surface area contributed by atoms with Crippen LogP contribution in [0, 0.1) is 19.3 Å². The quantitative estimate of drug-likeness (QED) is 0.809. The lowest BCUT2D eigenvalue weighted by atomic mass is 9.87. The first-order chi connectivity index (χ1) is 8.50. The van der Waals surface area contributed by atoms with E-state index in [9.17, 15) is 8.78 Å². The summed E-state index contributed by atoms with van der Waals surface area (Å²) in [4.78, 5) is 0. The van der Waals surface area contributed by atoms with Gasteiger partial charge in [0.2, 0.25) is 5.92 Å². The number of nitrogens with two attached hydrogens (primary N) is 1. The van der Waals surface area contributed by atoms with Crippen LogP contribution < -0.4 is 10.5 Å². The number of alkyl halides is 2. The maximum atomic E-state index is 13.1. The Morgan fingerprint density at radius 2 is 1.68 bits per heavy atom. The summed E-state index contributed by atoms with van der Waals surface area (Å²) in [6.07, 6.45) is -0.201. The van der Waals surface area contributed by atoms with E-state index in [-0.39, 0.29) is 13.0 Å². The molecule has 2 nitrogen and oxygen atoms in total. The fraction of sp³-hybridized carbons (Fsp3) is 0.600. The van der Waals surface area contributed by atoms with Crippen molar-refractivity contribution in [3.05, 3.63) is 23.3 Å². The van der Waals surface area contributed by atoms with E-state index in [1.807, 2.05) is 26.0 Å². The highest BCUT2D eigenvalue weighted by Gasteiger charge is 2.32. The zero-order valence-electron chi connectivity index (χ0n) is 12.3. The Bertz CT molecular complexity index is 450. The van der Waals surface area contributed by atoms with E-state index in [2.05, 4.69) is 0 Å². The molecule has 0 saturated heterocycles. The molecule has 1 aromatic carbocycles. The highest BCUT2D eigenvalue weighted by molar-refractivity contribution is 5.53. The summed E-state index contributed by atoms with van der Waals surface area (Å²) in [5.74, 6) is -1.97. The van der Waals surface area contributed by atoms with Gasteiger partial charge < -0.3 is 10.5 Å². The molecule has 0 aliphatic rings. The first-order valence-electron chi connectivity index (χ1n) is 6.37. The number of benzene rings is 1. The summed E-state index contributed by atoms with van der Waals surface area (Å²) >= 11 is 0. The van der Waals surface area contributed by atoms with Crippen LogP contribution in [0.15, 0.2) is 12.1 Å². The molecule has 4 heteroatoms. The normalized spacial score (nSPS) is 12.6. The fourth-order valence-corrected chi connectivity index (χ4v) is 2.13. The van der Waals surface area contributed by atoms with Crippen LogP contribution in [0.1, 0.15) is 38.3 Å². The van der Waals surface area contributed by atoms with Crippen LogP contribution in [0.4, 0.5) is 14.5 Å². The van der Waals surface area contributed by atoms with E-state index >= 15 is 0 Å². The summed E-state index contributed by atoms with van der Waals surface area (Å²) in [7, 11) is 0. The summed E-state index contributed by atoms with van der Waals surface area (Å²) in [5, 5.41) is 0. The standard InChI is InChI=1S/C15H23F2NO/c1-10-7-13(11(2)6-12(10)18)19-9-14(3,4)8-15(5,16)17/h6-7H,8-9,18H2,1-5H3. The van der Waals surface area contributed by atoms with Crippen LogP contribution in [0.5, 0.6) is 5.75 Å². The number of halogens is 2. The second-order valence-electron chi connectivity index (χ2n) is 6.17. The Morgan fingerprint density at radius 3 is 2.21 bits per heavy atom. The van der Waals surface area contributed by atoms with Gasteiger partial charge in [0.25, 0.3) is 0 Å². The minimum Gasteiger partial charge on any atom is -0.493 e. The second kappa shape index (κ2) is 5.35. The summed E-state index contributed by atoms with van der Waals surface area (Å²) in [5.41, 5.74) is 7.78. The molecule has 1 rings (SSSR count). The predicted molar refractivity (Wildman–Crippen MR) is 74.8 cm³/mol. The Labute approximate surface area is 114 Å². The van der Waals surface area contributed by atoms with Gasteiger partial charge in [-0.3, -0.25) is 0 Å². The molecule has 2 N–H and O–H groups in total. The highest BCUT2D eigenvalue weighted by atomic mass is 19.3. The van der Waals surface area contributed by atoms with E-state index in [0.29, 0.717) is 11.4 Å². The molecule has 1 aromatic rings. The van der Waals surface area contributed by atoms with Crippen molar-refractivity contribution in [1.29, 1.82) is 0 Å². The first kappa shape index (κ1) is 15.7. The number of hydrogen-bond donors (Lipinski definition) is 1. The molecule has 19 heavy (non-hydrogen) atoms. The Morgan fingerprint density at radius 1 is 1.11 bits per heavy atom. The van der Waals surface area contributed by atoms with Crippen molar-refractivity contribution >= 4 is 5.69 Å². The third kappa shape index (κ3) is 5.05. The molecule has 0 spiro atoms. The maximum absolute atomic E-state index is 13.1. The molecule has 0 radical (unpaired) electrons. The van der Waals surface area contributed by atoms with Crippen molar-refractivity contribution < 1.29 is 13.5 Å². The van der Waals surface area contributed by atoms with Crippen molar-refractivity contribution in [3.8, 4) is 5.75 Å². The van der Waals surface area contributed by atoms with Gasteiger partial charge in [0.05, 0.1) is 6.61 Å². The van der Waals surface area contributed by atoms with Gasteiger partial charge in [0, 0.05) is 17.5 Å². The Kier molecular flexibility index (Phi) is 4.43. The molecule has 0 atom stereocenters. The molecule has 0 bridgehead atoms. The van der Waals surface area contributed by atoms with Crippen LogP contribution in [0.2, 0.25) is 0 Å². The van der Waals surface area contributed by atoms with Gasteiger partial charge in [0.15, 0.2) is 0 Å². The average molecular weight is 271 g/mol. The van der Waals surface area contributed by atoms with Crippen LogP contribution in [-0.2, 0) is 0 Å². The van der Waals surface area contributed by atoms with Crippen LogP contribution in [-0.4, -0.2) is 12.5 Å². The summed E-state index contributed by atoms with van der Waals surface area (Å²) in [6.45, 7) is 8.54. The zero-order valence-corrected chi connectivity index (χ0v) is 12.3. The van der Waals surface area contributed by atoms with E-state index in [0.717, 1.165) is 18.1 Å².